The Kier molecular flexibility index (Phi) is 5.59. The molecule has 0 spiro atoms. The number of aromatic nitrogens is 2. The van der Waals surface area contributed by atoms with Crippen molar-refractivity contribution >= 4 is 23.4 Å². The highest BCUT2D eigenvalue weighted by Crippen LogP contribution is 2.37. The summed E-state index contributed by atoms with van der Waals surface area (Å²) in [7, 11) is 0. The van der Waals surface area contributed by atoms with Crippen molar-refractivity contribution in [1.29, 1.82) is 5.26 Å². The summed E-state index contributed by atoms with van der Waals surface area (Å²) in [6.45, 7) is 1.49. The molecule has 4 heterocycles. The van der Waals surface area contributed by atoms with E-state index < -0.39 is 11.8 Å². The lowest BCUT2D eigenvalue weighted by atomic mass is 9.75. The Bertz CT molecular complexity index is 986. The Hall–Kier alpha value is -3.12. The molecular formula is C21H21F2N5O2. The minimum absolute atomic E-state index is 0.0265. The van der Waals surface area contributed by atoms with Crippen molar-refractivity contribution in [3.63, 3.8) is 0 Å². The van der Waals surface area contributed by atoms with Gasteiger partial charge in [0.1, 0.15) is 17.5 Å². The highest BCUT2D eigenvalue weighted by atomic mass is 19.3. The van der Waals surface area contributed by atoms with E-state index in [0.29, 0.717) is 50.7 Å². The van der Waals surface area contributed by atoms with Crippen LogP contribution in [-0.2, 0) is 14.9 Å². The second-order valence-corrected chi connectivity index (χ2v) is 7.45. The van der Waals surface area contributed by atoms with Crippen LogP contribution in [0, 0.1) is 11.3 Å². The quantitative estimate of drug-likeness (QED) is 0.801. The minimum atomic E-state index is -2.62. The van der Waals surface area contributed by atoms with Gasteiger partial charge in [-0.1, -0.05) is 0 Å². The summed E-state index contributed by atoms with van der Waals surface area (Å²) in [4.78, 5) is 22.5. The van der Waals surface area contributed by atoms with Crippen LogP contribution in [0.25, 0.3) is 0 Å². The predicted octanol–water partition coefficient (Wildman–Crippen LogP) is 3.86. The van der Waals surface area contributed by atoms with Crippen LogP contribution in [0.1, 0.15) is 43.2 Å². The molecule has 2 saturated heterocycles. The monoisotopic (exact) mass is 413 g/mol. The molecule has 7 nitrogen and oxygen atoms in total. The lowest BCUT2D eigenvalue weighted by Gasteiger charge is -2.32. The molecule has 30 heavy (non-hydrogen) atoms. The van der Waals surface area contributed by atoms with E-state index in [1.165, 1.54) is 18.3 Å². The van der Waals surface area contributed by atoms with Crippen molar-refractivity contribution in [1.82, 2.24) is 9.97 Å². The first kappa shape index (κ1) is 20.2. The van der Waals surface area contributed by atoms with E-state index >= 15 is 0 Å². The Morgan fingerprint density at radius 2 is 2.03 bits per heavy atom. The fraction of sp³-hybridized carbons (Fsp3) is 0.429. The van der Waals surface area contributed by atoms with Crippen molar-refractivity contribution in [2.75, 3.05) is 30.0 Å². The molecule has 0 unspecified atom stereocenters. The molecule has 0 bridgehead atoms. The molecular weight excluding hydrogens is 392 g/mol. The number of anilines is 3. The van der Waals surface area contributed by atoms with Gasteiger partial charge >= 0.3 is 0 Å². The summed E-state index contributed by atoms with van der Waals surface area (Å²) in [6.07, 6.45) is 0.925. The Labute approximate surface area is 172 Å². The lowest BCUT2D eigenvalue weighted by Crippen LogP contribution is -2.33. The summed E-state index contributed by atoms with van der Waals surface area (Å²) in [5.74, 6) is 0.987. The van der Waals surface area contributed by atoms with E-state index in [1.54, 1.807) is 17.0 Å². The van der Waals surface area contributed by atoms with Crippen molar-refractivity contribution < 1.29 is 18.3 Å². The van der Waals surface area contributed by atoms with E-state index in [0.717, 1.165) is 12.0 Å². The molecule has 2 aliphatic heterocycles. The third-order valence-corrected chi connectivity index (χ3v) is 5.57. The van der Waals surface area contributed by atoms with Crippen LogP contribution in [-0.4, -0.2) is 35.6 Å². The number of alkyl halides is 2. The van der Waals surface area contributed by atoms with Gasteiger partial charge in [0, 0.05) is 37.9 Å². The highest BCUT2D eigenvalue weighted by Gasteiger charge is 2.36. The number of nitrogens with zero attached hydrogens (tertiary/aromatic N) is 4. The number of hydrogen-bond acceptors (Lipinski definition) is 6. The fourth-order valence-corrected chi connectivity index (χ4v) is 3.85. The van der Waals surface area contributed by atoms with Crippen molar-refractivity contribution in [2.24, 2.45) is 0 Å². The standard InChI is InChI=1S/C21H21F2N5O2/c22-20(23)14-3-6-25-16(10-14)26-17-11-15(21(13-24)4-8-30-9-5-21)12-18(27-17)28-7-1-2-19(28)29/h3,6,10-12,20H,1-2,4-5,7-9H2,(H,25,26,27). The molecule has 2 aliphatic rings. The second kappa shape index (κ2) is 8.32. The summed E-state index contributed by atoms with van der Waals surface area (Å²) in [6, 6.07) is 8.45. The molecule has 2 aromatic heterocycles. The maximum atomic E-state index is 13.0. The Balaban J connectivity index is 1.75. The normalized spacial score (nSPS) is 18.5. The first-order valence-corrected chi connectivity index (χ1v) is 9.84. The SMILES string of the molecule is N#CC1(c2cc(Nc3cc(C(F)F)ccn3)nc(N3CCCC3=O)c2)CCOCC1. The van der Waals surface area contributed by atoms with E-state index in [9.17, 15) is 18.8 Å². The molecule has 156 valence electrons. The molecule has 0 radical (unpaired) electrons. The number of carbonyl (C=O) groups excluding carboxylic acids is 1. The van der Waals surface area contributed by atoms with E-state index in [4.69, 9.17) is 4.74 Å². The zero-order valence-electron chi connectivity index (χ0n) is 16.3. The summed E-state index contributed by atoms with van der Waals surface area (Å²) in [5, 5.41) is 12.9. The maximum absolute atomic E-state index is 13.0. The van der Waals surface area contributed by atoms with Gasteiger partial charge < -0.3 is 10.1 Å². The number of halogens is 2. The van der Waals surface area contributed by atoms with Gasteiger partial charge in [-0.05, 0) is 49.1 Å². The summed E-state index contributed by atoms with van der Waals surface area (Å²) >= 11 is 0. The van der Waals surface area contributed by atoms with Crippen LogP contribution in [0.3, 0.4) is 0 Å². The topological polar surface area (TPSA) is 91.1 Å². The van der Waals surface area contributed by atoms with Crippen molar-refractivity contribution in [3.05, 3.63) is 41.6 Å². The van der Waals surface area contributed by atoms with Crippen LogP contribution in [0.15, 0.2) is 30.5 Å². The van der Waals surface area contributed by atoms with Gasteiger partial charge in [0.15, 0.2) is 0 Å². The minimum Gasteiger partial charge on any atom is -0.381 e. The number of carbonyl (C=O) groups is 1. The third kappa shape index (κ3) is 3.96. The molecule has 1 N–H and O–H groups in total. The molecule has 4 rings (SSSR count). The number of pyridine rings is 2. The zero-order chi connectivity index (χ0) is 21.1. The van der Waals surface area contributed by atoms with E-state index in [1.807, 2.05) is 0 Å². The molecule has 0 aliphatic carbocycles. The third-order valence-electron chi connectivity index (χ3n) is 5.57. The van der Waals surface area contributed by atoms with E-state index in [-0.39, 0.29) is 17.3 Å². The summed E-state index contributed by atoms with van der Waals surface area (Å²) < 4.78 is 31.5. The average molecular weight is 413 g/mol. The van der Waals surface area contributed by atoms with Gasteiger partial charge in [-0.15, -0.1) is 0 Å². The smallest absolute Gasteiger partial charge is 0.264 e. The number of rotatable bonds is 5. The van der Waals surface area contributed by atoms with Gasteiger partial charge in [-0.25, -0.2) is 18.7 Å². The first-order valence-electron chi connectivity index (χ1n) is 9.84. The highest BCUT2D eigenvalue weighted by molar-refractivity contribution is 5.94. The number of amides is 1. The fourth-order valence-electron chi connectivity index (χ4n) is 3.85. The Morgan fingerprint density at radius 3 is 2.70 bits per heavy atom. The number of ether oxygens (including phenoxy) is 1. The average Bonchev–Trinajstić information content (AvgIpc) is 3.20. The molecule has 9 heteroatoms. The largest absolute Gasteiger partial charge is 0.381 e. The predicted molar refractivity (Wildman–Crippen MR) is 106 cm³/mol. The van der Waals surface area contributed by atoms with Crippen LogP contribution < -0.4 is 10.2 Å². The molecule has 2 fully saturated rings. The van der Waals surface area contributed by atoms with Gasteiger partial charge in [-0.3, -0.25) is 9.69 Å². The van der Waals surface area contributed by atoms with Crippen molar-refractivity contribution in [2.45, 2.75) is 37.5 Å². The molecule has 2 aromatic rings. The first-order chi connectivity index (χ1) is 14.5. The number of hydrogen-bond donors (Lipinski definition) is 1. The summed E-state index contributed by atoms with van der Waals surface area (Å²) in [5.41, 5.74) is -0.185. The maximum Gasteiger partial charge on any atom is 0.264 e. The van der Waals surface area contributed by atoms with E-state index in [2.05, 4.69) is 21.4 Å². The van der Waals surface area contributed by atoms with Gasteiger partial charge in [0.05, 0.1) is 11.5 Å². The molecule has 0 atom stereocenters. The molecule has 0 aromatic carbocycles. The van der Waals surface area contributed by atoms with Crippen LogP contribution in [0.2, 0.25) is 0 Å². The number of nitrogens with one attached hydrogen (secondary N) is 1. The van der Waals surface area contributed by atoms with Crippen molar-refractivity contribution in [3.8, 4) is 6.07 Å². The van der Waals surface area contributed by atoms with Gasteiger partial charge in [0.2, 0.25) is 5.91 Å². The lowest BCUT2D eigenvalue weighted by molar-refractivity contribution is -0.117. The second-order valence-electron chi connectivity index (χ2n) is 7.45. The Morgan fingerprint density at radius 1 is 1.23 bits per heavy atom. The molecule has 0 saturated carbocycles. The van der Waals surface area contributed by atoms with Crippen LogP contribution in [0.4, 0.5) is 26.2 Å². The zero-order valence-corrected chi connectivity index (χ0v) is 16.3. The van der Waals surface area contributed by atoms with Crippen LogP contribution >= 0.6 is 0 Å². The van der Waals surface area contributed by atoms with Crippen LogP contribution in [0.5, 0.6) is 0 Å². The van der Waals surface area contributed by atoms with Gasteiger partial charge in [-0.2, -0.15) is 5.26 Å². The molecule has 1 amide bonds. The number of nitriles is 1. The van der Waals surface area contributed by atoms with Gasteiger partial charge in [0.25, 0.3) is 6.43 Å².